The molecule has 1 aromatic carbocycles. The van der Waals surface area contributed by atoms with Crippen molar-refractivity contribution in [1.29, 1.82) is 0 Å². The molecule has 0 spiro atoms. The molecule has 5 N–H and O–H groups in total. The van der Waals surface area contributed by atoms with Crippen LogP contribution in [0.2, 0.25) is 0 Å². The van der Waals surface area contributed by atoms with Crippen molar-refractivity contribution in [2.45, 2.75) is 6.04 Å². The standard InChI is InChI=1S/C11H13N3O2/c12-8(6-15)11-13-5-9(14-11)7-3-1-2-4-10(7)16/h1-5,8,15-16H,6,12H2,(H,13,14)/t8-/m0/s1. The van der Waals surface area contributed by atoms with E-state index in [2.05, 4.69) is 9.97 Å². The summed E-state index contributed by atoms with van der Waals surface area (Å²) in [6.07, 6.45) is 1.58. The Morgan fingerprint density at radius 1 is 1.38 bits per heavy atom. The first kappa shape index (κ1) is 10.7. The van der Waals surface area contributed by atoms with E-state index in [1.807, 2.05) is 6.07 Å². The van der Waals surface area contributed by atoms with Crippen LogP contribution in [0.5, 0.6) is 5.75 Å². The number of hydrogen-bond donors (Lipinski definition) is 4. The number of aliphatic hydroxyl groups excluding tert-OH is 1. The second-order valence-electron chi connectivity index (χ2n) is 3.49. The van der Waals surface area contributed by atoms with E-state index in [1.165, 1.54) is 0 Å². The van der Waals surface area contributed by atoms with Gasteiger partial charge in [-0.05, 0) is 12.1 Å². The van der Waals surface area contributed by atoms with E-state index in [-0.39, 0.29) is 12.4 Å². The van der Waals surface area contributed by atoms with Gasteiger partial charge >= 0.3 is 0 Å². The third-order valence-corrected chi connectivity index (χ3v) is 2.34. The van der Waals surface area contributed by atoms with Gasteiger partial charge in [0.1, 0.15) is 11.6 Å². The topological polar surface area (TPSA) is 95.2 Å². The van der Waals surface area contributed by atoms with Crippen LogP contribution in [0.3, 0.4) is 0 Å². The fraction of sp³-hybridized carbons (Fsp3) is 0.182. The van der Waals surface area contributed by atoms with Crippen molar-refractivity contribution >= 4 is 0 Å². The number of phenolic OH excluding ortho intramolecular Hbond substituents is 1. The SMILES string of the molecule is N[C@@H](CO)c1ncc(-c2ccccc2O)[nH]1. The van der Waals surface area contributed by atoms with Crippen LogP contribution in [-0.2, 0) is 0 Å². The predicted molar refractivity (Wildman–Crippen MR) is 59.7 cm³/mol. The molecule has 1 heterocycles. The number of hydrogen-bond acceptors (Lipinski definition) is 4. The number of aliphatic hydroxyl groups is 1. The Bertz CT molecular complexity index is 482. The maximum atomic E-state index is 9.64. The van der Waals surface area contributed by atoms with Gasteiger partial charge in [0.25, 0.3) is 0 Å². The molecule has 1 aromatic heterocycles. The first-order valence-corrected chi connectivity index (χ1v) is 4.92. The maximum absolute atomic E-state index is 9.64. The van der Waals surface area contributed by atoms with Gasteiger partial charge in [-0.15, -0.1) is 0 Å². The van der Waals surface area contributed by atoms with Crippen molar-refractivity contribution in [1.82, 2.24) is 9.97 Å². The van der Waals surface area contributed by atoms with Crippen LogP contribution in [-0.4, -0.2) is 26.8 Å². The summed E-state index contributed by atoms with van der Waals surface area (Å²) in [6, 6.07) is 6.41. The van der Waals surface area contributed by atoms with E-state index in [4.69, 9.17) is 10.8 Å². The molecule has 0 radical (unpaired) electrons. The van der Waals surface area contributed by atoms with Crippen LogP contribution in [0.1, 0.15) is 11.9 Å². The van der Waals surface area contributed by atoms with Gasteiger partial charge in [-0.1, -0.05) is 12.1 Å². The van der Waals surface area contributed by atoms with Crippen LogP contribution in [0.25, 0.3) is 11.3 Å². The van der Waals surface area contributed by atoms with Crippen LogP contribution in [0.15, 0.2) is 30.5 Å². The quantitative estimate of drug-likeness (QED) is 0.613. The monoisotopic (exact) mass is 219 g/mol. The number of para-hydroxylation sites is 1. The predicted octanol–water partition coefficient (Wildman–Crippen LogP) is 0.774. The Kier molecular flexibility index (Phi) is 2.89. The first-order chi connectivity index (χ1) is 7.72. The molecule has 0 aliphatic carbocycles. The van der Waals surface area contributed by atoms with Gasteiger partial charge in [-0.3, -0.25) is 0 Å². The number of nitrogens with zero attached hydrogens (tertiary/aromatic N) is 1. The van der Waals surface area contributed by atoms with E-state index in [9.17, 15) is 5.11 Å². The molecule has 2 aromatic rings. The Morgan fingerprint density at radius 3 is 2.81 bits per heavy atom. The molecule has 5 heteroatoms. The molecule has 16 heavy (non-hydrogen) atoms. The number of aromatic nitrogens is 2. The number of nitrogens with one attached hydrogen (secondary N) is 1. The number of aromatic amines is 1. The second-order valence-corrected chi connectivity index (χ2v) is 3.49. The average molecular weight is 219 g/mol. The van der Waals surface area contributed by atoms with Crippen LogP contribution >= 0.6 is 0 Å². The van der Waals surface area contributed by atoms with Crippen molar-refractivity contribution in [3.05, 3.63) is 36.3 Å². The smallest absolute Gasteiger partial charge is 0.125 e. The molecular weight excluding hydrogens is 206 g/mol. The van der Waals surface area contributed by atoms with Crippen LogP contribution in [0, 0.1) is 0 Å². The van der Waals surface area contributed by atoms with Crippen molar-refractivity contribution in [2.24, 2.45) is 5.73 Å². The summed E-state index contributed by atoms with van der Waals surface area (Å²) in [4.78, 5) is 7.02. The molecule has 0 unspecified atom stereocenters. The summed E-state index contributed by atoms with van der Waals surface area (Å²) in [7, 11) is 0. The van der Waals surface area contributed by atoms with Gasteiger partial charge < -0.3 is 20.9 Å². The lowest BCUT2D eigenvalue weighted by Crippen LogP contribution is -2.15. The Hall–Kier alpha value is -1.85. The van der Waals surface area contributed by atoms with Gasteiger partial charge in [0.15, 0.2) is 0 Å². The highest BCUT2D eigenvalue weighted by molar-refractivity contribution is 5.66. The highest BCUT2D eigenvalue weighted by atomic mass is 16.3. The zero-order chi connectivity index (χ0) is 11.5. The number of phenols is 1. The number of rotatable bonds is 3. The number of aromatic hydroxyl groups is 1. The van der Waals surface area contributed by atoms with Crippen LogP contribution < -0.4 is 5.73 Å². The molecule has 1 atom stereocenters. The summed E-state index contributed by atoms with van der Waals surface area (Å²) in [6.45, 7) is -0.173. The molecule has 0 saturated carbocycles. The third-order valence-electron chi connectivity index (χ3n) is 2.34. The van der Waals surface area contributed by atoms with E-state index in [1.54, 1.807) is 24.4 Å². The Balaban J connectivity index is 2.35. The van der Waals surface area contributed by atoms with Gasteiger partial charge in [0.2, 0.25) is 0 Å². The zero-order valence-corrected chi connectivity index (χ0v) is 8.59. The minimum absolute atomic E-state index is 0.173. The summed E-state index contributed by atoms with van der Waals surface area (Å²) < 4.78 is 0. The second kappa shape index (κ2) is 4.34. The van der Waals surface area contributed by atoms with E-state index < -0.39 is 6.04 Å². The maximum Gasteiger partial charge on any atom is 0.125 e. The van der Waals surface area contributed by atoms with Crippen molar-refractivity contribution in [2.75, 3.05) is 6.61 Å². The van der Waals surface area contributed by atoms with Crippen molar-refractivity contribution < 1.29 is 10.2 Å². The summed E-state index contributed by atoms with van der Waals surface area (Å²) >= 11 is 0. The lowest BCUT2D eigenvalue weighted by molar-refractivity contribution is 0.264. The molecule has 0 amide bonds. The normalized spacial score (nSPS) is 12.6. The minimum atomic E-state index is -0.528. The minimum Gasteiger partial charge on any atom is -0.507 e. The highest BCUT2D eigenvalue weighted by Crippen LogP contribution is 2.27. The molecule has 0 bridgehead atoms. The number of nitrogens with two attached hydrogens (primary N) is 1. The Labute approximate surface area is 92.6 Å². The van der Waals surface area contributed by atoms with Crippen molar-refractivity contribution in [3.63, 3.8) is 0 Å². The van der Waals surface area contributed by atoms with Gasteiger partial charge in [0, 0.05) is 5.56 Å². The molecule has 0 saturated heterocycles. The number of benzene rings is 1. The summed E-state index contributed by atoms with van der Waals surface area (Å²) in [5.41, 5.74) is 6.95. The average Bonchev–Trinajstić information content (AvgIpc) is 2.78. The number of imidazole rings is 1. The molecule has 0 aliphatic heterocycles. The largest absolute Gasteiger partial charge is 0.507 e. The van der Waals surface area contributed by atoms with Gasteiger partial charge in [-0.25, -0.2) is 4.98 Å². The third kappa shape index (κ3) is 1.91. The van der Waals surface area contributed by atoms with E-state index in [0.717, 1.165) is 0 Å². The fourth-order valence-electron chi connectivity index (χ4n) is 1.45. The molecule has 0 fully saturated rings. The van der Waals surface area contributed by atoms with Gasteiger partial charge in [-0.2, -0.15) is 0 Å². The summed E-state index contributed by atoms with van der Waals surface area (Å²) in [5.74, 6) is 0.677. The lowest BCUT2D eigenvalue weighted by atomic mass is 10.1. The van der Waals surface area contributed by atoms with E-state index in [0.29, 0.717) is 17.1 Å². The highest BCUT2D eigenvalue weighted by Gasteiger charge is 2.11. The van der Waals surface area contributed by atoms with Crippen LogP contribution in [0.4, 0.5) is 0 Å². The van der Waals surface area contributed by atoms with E-state index >= 15 is 0 Å². The Morgan fingerprint density at radius 2 is 2.12 bits per heavy atom. The van der Waals surface area contributed by atoms with Gasteiger partial charge in [0.05, 0.1) is 24.5 Å². The zero-order valence-electron chi connectivity index (χ0n) is 8.59. The fourth-order valence-corrected chi connectivity index (χ4v) is 1.45. The molecular formula is C11H13N3O2. The molecule has 84 valence electrons. The molecule has 0 aliphatic rings. The summed E-state index contributed by atoms with van der Waals surface area (Å²) in [5, 5.41) is 18.5. The molecule has 2 rings (SSSR count). The lowest BCUT2D eigenvalue weighted by Gasteiger charge is -2.03. The van der Waals surface area contributed by atoms with Crippen molar-refractivity contribution in [3.8, 4) is 17.0 Å². The first-order valence-electron chi connectivity index (χ1n) is 4.92. The molecule has 5 nitrogen and oxygen atoms in total. The number of H-pyrrole nitrogens is 1.